The van der Waals surface area contributed by atoms with Crippen LogP contribution in [0.1, 0.15) is 52.4 Å². The molecule has 0 aromatic heterocycles. The molecule has 2 heteroatoms. The third kappa shape index (κ3) is 4.52. The molecule has 90 valence electrons. The van der Waals surface area contributed by atoms with E-state index in [1.165, 1.54) is 45.1 Å². The lowest BCUT2D eigenvalue weighted by atomic mass is 10.1. The predicted octanol–water partition coefficient (Wildman–Crippen LogP) is 2.64. The minimum atomic E-state index is 0.770. The molecule has 0 aromatic rings. The summed E-state index contributed by atoms with van der Waals surface area (Å²) in [5, 5.41) is 3.23. The minimum Gasteiger partial charge on any atom is -0.320 e. The fraction of sp³-hybridized carbons (Fsp3) is 1.00. The first-order valence-corrected chi connectivity index (χ1v) is 6.66. The molecule has 0 saturated carbocycles. The van der Waals surface area contributed by atoms with Crippen LogP contribution in [-0.4, -0.2) is 37.1 Å². The maximum atomic E-state index is 3.23. The van der Waals surface area contributed by atoms with Crippen LogP contribution in [0.4, 0.5) is 0 Å². The number of likely N-dealkylation sites (tertiary alicyclic amines) is 1. The Morgan fingerprint density at radius 3 is 2.87 bits per heavy atom. The van der Waals surface area contributed by atoms with Gasteiger partial charge < -0.3 is 5.32 Å². The van der Waals surface area contributed by atoms with Gasteiger partial charge in [0.2, 0.25) is 0 Å². The lowest BCUT2D eigenvalue weighted by Gasteiger charge is -2.33. The molecular formula is C13H28N2. The van der Waals surface area contributed by atoms with Crippen molar-refractivity contribution in [1.29, 1.82) is 0 Å². The van der Waals surface area contributed by atoms with Crippen LogP contribution in [0.2, 0.25) is 0 Å². The highest BCUT2D eigenvalue weighted by Crippen LogP contribution is 2.20. The summed E-state index contributed by atoms with van der Waals surface area (Å²) in [6, 6.07) is 1.57. The van der Waals surface area contributed by atoms with E-state index < -0.39 is 0 Å². The zero-order chi connectivity index (χ0) is 11.1. The third-order valence-electron chi connectivity index (χ3n) is 3.72. The van der Waals surface area contributed by atoms with Crippen LogP contribution >= 0.6 is 0 Å². The lowest BCUT2D eigenvalue weighted by Crippen LogP contribution is -2.40. The van der Waals surface area contributed by atoms with Crippen molar-refractivity contribution in [3.8, 4) is 0 Å². The maximum absolute atomic E-state index is 3.23. The monoisotopic (exact) mass is 212 g/mol. The molecule has 2 atom stereocenters. The highest BCUT2D eigenvalue weighted by molar-refractivity contribution is 4.76. The second-order valence-corrected chi connectivity index (χ2v) is 5.03. The first-order valence-electron chi connectivity index (χ1n) is 6.66. The Morgan fingerprint density at radius 2 is 2.13 bits per heavy atom. The molecule has 0 radical (unpaired) electrons. The molecule has 0 aromatic carbocycles. The van der Waals surface area contributed by atoms with Crippen LogP contribution < -0.4 is 5.32 Å². The van der Waals surface area contributed by atoms with Crippen molar-refractivity contribution in [2.45, 2.75) is 64.5 Å². The third-order valence-corrected chi connectivity index (χ3v) is 3.72. The van der Waals surface area contributed by atoms with Crippen molar-refractivity contribution in [3.05, 3.63) is 0 Å². The first kappa shape index (κ1) is 13.0. The zero-order valence-corrected chi connectivity index (χ0v) is 10.8. The number of hydrogen-bond acceptors (Lipinski definition) is 2. The Bertz CT molecular complexity index is 159. The molecule has 1 N–H and O–H groups in total. The number of rotatable bonds is 5. The number of nitrogens with zero attached hydrogens (tertiary/aromatic N) is 1. The van der Waals surface area contributed by atoms with Crippen molar-refractivity contribution in [2.75, 3.05) is 20.1 Å². The van der Waals surface area contributed by atoms with Crippen molar-refractivity contribution in [1.82, 2.24) is 10.2 Å². The van der Waals surface area contributed by atoms with Crippen molar-refractivity contribution in [3.63, 3.8) is 0 Å². The number of hydrogen-bond donors (Lipinski definition) is 1. The molecular weight excluding hydrogens is 184 g/mol. The van der Waals surface area contributed by atoms with E-state index in [1.54, 1.807) is 0 Å². The van der Waals surface area contributed by atoms with Gasteiger partial charge in [-0.15, -0.1) is 0 Å². The Balaban J connectivity index is 2.31. The maximum Gasteiger partial charge on any atom is 0.00702 e. The summed E-state index contributed by atoms with van der Waals surface area (Å²) >= 11 is 0. The molecule has 0 aliphatic carbocycles. The van der Waals surface area contributed by atoms with Gasteiger partial charge in [-0.1, -0.05) is 12.8 Å². The smallest absolute Gasteiger partial charge is 0.00702 e. The minimum absolute atomic E-state index is 0.770. The van der Waals surface area contributed by atoms with Gasteiger partial charge in [0.1, 0.15) is 0 Å². The average molecular weight is 212 g/mol. The Hall–Kier alpha value is -0.0800. The second kappa shape index (κ2) is 7.24. The molecule has 1 rings (SSSR count). The van der Waals surface area contributed by atoms with E-state index in [2.05, 4.69) is 24.1 Å². The molecule has 1 aliphatic rings. The summed E-state index contributed by atoms with van der Waals surface area (Å²) in [5.74, 6) is 0. The van der Waals surface area contributed by atoms with Gasteiger partial charge >= 0.3 is 0 Å². The molecule has 1 fully saturated rings. The molecule has 0 amide bonds. The molecule has 0 spiro atoms. The standard InChI is InChI=1S/C13H28N2/c1-12-8-5-4-6-11-15(12)13(2)9-7-10-14-3/h12-14H,4-11H2,1-3H3. The summed E-state index contributed by atoms with van der Waals surface area (Å²) in [7, 11) is 2.04. The normalized spacial score (nSPS) is 26.2. The quantitative estimate of drug-likeness (QED) is 0.705. The van der Waals surface area contributed by atoms with Crippen molar-refractivity contribution >= 4 is 0 Å². The van der Waals surface area contributed by atoms with Crippen LogP contribution in [0, 0.1) is 0 Å². The predicted molar refractivity (Wildman–Crippen MR) is 67.3 cm³/mol. The summed E-state index contributed by atoms with van der Waals surface area (Å²) in [4.78, 5) is 2.72. The molecule has 0 bridgehead atoms. The van der Waals surface area contributed by atoms with E-state index in [0.717, 1.165) is 18.6 Å². The fourth-order valence-electron chi connectivity index (χ4n) is 2.69. The van der Waals surface area contributed by atoms with Crippen LogP contribution in [0.15, 0.2) is 0 Å². The van der Waals surface area contributed by atoms with E-state index in [0.29, 0.717) is 0 Å². The van der Waals surface area contributed by atoms with Crippen LogP contribution in [0.5, 0.6) is 0 Å². The van der Waals surface area contributed by atoms with Gasteiger partial charge in [-0.25, -0.2) is 0 Å². The molecule has 15 heavy (non-hydrogen) atoms. The molecule has 1 heterocycles. The molecule has 2 nitrogen and oxygen atoms in total. The van der Waals surface area contributed by atoms with Crippen LogP contribution in [0.3, 0.4) is 0 Å². The highest BCUT2D eigenvalue weighted by Gasteiger charge is 2.21. The Labute approximate surface area is 95.4 Å². The summed E-state index contributed by atoms with van der Waals surface area (Å²) in [6.45, 7) is 7.28. The summed E-state index contributed by atoms with van der Waals surface area (Å²) in [6.07, 6.45) is 8.31. The van der Waals surface area contributed by atoms with Crippen molar-refractivity contribution in [2.24, 2.45) is 0 Å². The largest absolute Gasteiger partial charge is 0.320 e. The van der Waals surface area contributed by atoms with Crippen LogP contribution in [0.25, 0.3) is 0 Å². The van der Waals surface area contributed by atoms with Crippen molar-refractivity contribution < 1.29 is 0 Å². The topological polar surface area (TPSA) is 15.3 Å². The molecule has 1 saturated heterocycles. The molecule has 2 unspecified atom stereocenters. The van der Waals surface area contributed by atoms with Gasteiger partial charge in [0.15, 0.2) is 0 Å². The lowest BCUT2D eigenvalue weighted by molar-refractivity contribution is 0.148. The fourth-order valence-corrected chi connectivity index (χ4v) is 2.69. The Kier molecular flexibility index (Phi) is 6.26. The Morgan fingerprint density at radius 1 is 1.33 bits per heavy atom. The van der Waals surface area contributed by atoms with Gasteiger partial charge in [-0.2, -0.15) is 0 Å². The summed E-state index contributed by atoms with van der Waals surface area (Å²) in [5.41, 5.74) is 0. The van der Waals surface area contributed by atoms with E-state index in [4.69, 9.17) is 0 Å². The van der Waals surface area contributed by atoms with Gasteiger partial charge in [-0.05, 0) is 59.7 Å². The van der Waals surface area contributed by atoms with E-state index in [-0.39, 0.29) is 0 Å². The van der Waals surface area contributed by atoms with Crippen LogP contribution in [-0.2, 0) is 0 Å². The van der Waals surface area contributed by atoms with E-state index >= 15 is 0 Å². The average Bonchev–Trinajstić information content (AvgIpc) is 2.43. The SMILES string of the molecule is CNCCCC(C)N1CCCCCC1C. The first-order chi connectivity index (χ1) is 7.25. The van der Waals surface area contributed by atoms with E-state index in [1.807, 2.05) is 7.05 Å². The summed E-state index contributed by atoms with van der Waals surface area (Å²) < 4.78 is 0. The molecule has 1 aliphatic heterocycles. The van der Waals surface area contributed by atoms with Gasteiger partial charge in [0.05, 0.1) is 0 Å². The second-order valence-electron chi connectivity index (χ2n) is 5.03. The van der Waals surface area contributed by atoms with E-state index in [9.17, 15) is 0 Å². The van der Waals surface area contributed by atoms with Gasteiger partial charge in [-0.3, -0.25) is 4.90 Å². The highest BCUT2D eigenvalue weighted by atomic mass is 15.2. The van der Waals surface area contributed by atoms with Gasteiger partial charge in [0.25, 0.3) is 0 Å². The van der Waals surface area contributed by atoms with Gasteiger partial charge in [0, 0.05) is 12.1 Å². The number of nitrogens with one attached hydrogen (secondary N) is 1. The zero-order valence-electron chi connectivity index (χ0n) is 10.8.